The second-order valence-electron chi connectivity index (χ2n) is 8.72. The molecule has 166 valence electrons. The molecule has 1 aliphatic heterocycles. The summed E-state index contributed by atoms with van der Waals surface area (Å²) in [4.78, 5) is 15.1. The highest BCUT2D eigenvalue weighted by Crippen LogP contribution is 2.22. The predicted octanol–water partition coefficient (Wildman–Crippen LogP) is 6.35. The van der Waals surface area contributed by atoms with Gasteiger partial charge in [-0.3, -0.25) is 9.69 Å². The van der Waals surface area contributed by atoms with Gasteiger partial charge in [0, 0.05) is 29.7 Å². The summed E-state index contributed by atoms with van der Waals surface area (Å²) >= 11 is 5.96. The second-order valence-corrected chi connectivity index (χ2v) is 9.16. The smallest absolute Gasteiger partial charge is 0.251 e. The Hall–Kier alpha value is -2.62. The zero-order chi connectivity index (χ0) is 22.3. The molecule has 3 aromatic carbocycles. The van der Waals surface area contributed by atoms with E-state index in [1.807, 2.05) is 48.5 Å². The number of nitrogens with one attached hydrogen (secondary N) is 1. The first kappa shape index (κ1) is 22.6. The monoisotopic (exact) mass is 446 g/mol. The van der Waals surface area contributed by atoms with E-state index in [9.17, 15) is 4.79 Å². The van der Waals surface area contributed by atoms with Crippen molar-refractivity contribution >= 4 is 17.5 Å². The van der Waals surface area contributed by atoms with E-state index in [-0.39, 0.29) is 5.91 Å². The van der Waals surface area contributed by atoms with E-state index in [2.05, 4.69) is 41.4 Å². The molecule has 1 heterocycles. The van der Waals surface area contributed by atoms with Crippen LogP contribution >= 0.6 is 11.6 Å². The Balaban J connectivity index is 1.25. The molecule has 1 unspecified atom stereocenters. The van der Waals surface area contributed by atoms with E-state index in [1.54, 1.807) is 0 Å². The number of piperidine rings is 1. The first-order valence-corrected chi connectivity index (χ1v) is 11.9. The van der Waals surface area contributed by atoms with Crippen molar-refractivity contribution in [2.24, 2.45) is 0 Å². The van der Waals surface area contributed by atoms with E-state index in [0.717, 1.165) is 29.1 Å². The lowest BCUT2D eigenvalue weighted by Gasteiger charge is -2.33. The molecule has 1 aliphatic rings. The Morgan fingerprint density at radius 2 is 1.53 bits per heavy atom. The molecular formula is C28H31ClN2O. The minimum absolute atomic E-state index is 0.0386. The minimum Gasteiger partial charge on any atom is -0.352 e. The van der Waals surface area contributed by atoms with E-state index in [1.165, 1.54) is 36.9 Å². The van der Waals surface area contributed by atoms with Crippen LogP contribution in [0.4, 0.5) is 0 Å². The zero-order valence-electron chi connectivity index (χ0n) is 18.7. The normalized spacial score (nSPS) is 16.6. The third-order valence-electron chi connectivity index (χ3n) is 6.37. The molecule has 0 bridgehead atoms. The van der Waals surface area contributed by atoms with Crippen molar-refractivity contribution in [1.29, 1.82) is 0 Å². The summed E-state index contributed by atoms with van der Waals surface area (Å²) in [5.74, 6) is -0.0386. The Kier molecular flexibility index (Phi) is 7.62. The standard InChI is InChI=1S/C28H31ClN2O/c1-21-4-2-3-19-31(21)20-23-7-5-22(6-8-23)17-18-30-28(32)26-11-9-24(10-12-26)25-13-15-27(29)16-14-25/h5-16,21H,2-4,17-20H2,1H3,(H,30,32). The maximum atomic E-state index is 12.5. The Morgan fingerprint density at radius 1 is 0.906 bits per heavy atom. The highest BCUT2D eigenvalue weighted by Gasteiger charge is 2.17. The quantitative estimate of drug-likeness (QED) is 0.458. The number of amides is 1. The van der Waals surface area contributed by atoms with Crippen LogP contribution in [0.25, 0.3) is 11.1 Å². The molecule has 0 spiro atoms. The molecule has 4 rings (SSSR count). The molecule has 1 fully saturated rings. The van der Waals surface area contributed by atoms with Gasteiger partial charge in [-0.05, 0) is 79.3 Å². The first-order valence-electron chi connectivity index (χ1n) is 11.5. The number of likely N-dealkylation sites (tertiary alicyclic amines) is 1. The fourth-order valence-electron chi connectivity index (χ4n) is 4.32. The van der Waals surface area contributed by atoms with Crippen molar-refractivity contribution in [3.8, 4) is 11.1 Å². The van der Waals surface area contributed by atoms with Crippen molar-refractivity contribution < 1.29 is 4.79 Å². The van der Waals surface area contributed by atoms with Crippen LogP contribution in [0.1, 0.15) is 47.7 Å². The lowest BCUT2D eigenvalue weighted by atomic mass is 10.0. The fourth-order valence-corrected chi connectivity index (χ4v) is 4.44. The van der Waals surface area contributed by atoms with Crippen LogP contribution in [0.15, 0.2) is 72.8 Å². The zero-order valence-corrected chi connectivity index (χ0v) is 19.4. The molecule has 1 atom stereocenters. The lowest BCUT2D eigenvalue weighted by Crippen LogP contribution is -2.36. The number of halogens is 1. The van der Waals surface area contributed by atoms with E-state index < -0.39 is 0 Å². The molecule has 0 radical (unpaired) electrons. The van der Waals surface area contributed by atoms with Gasteiger partial charge in [0.05, 0.1) is 0 Å². The molecule has 1 amide bonds. The summed E-state index contributed by atoms with van der Waals surface area (Å²) in [6.45, 7) is 5.20. The van der Waals surface area contributed by atoms with E-state index >= 15 is 0 Å². The molecule has 0 saturated carbocycles. The van der Waals surface area contributed by atoms with Crippen molar-refractivity contribution in [1.82, 2.24) is 10.2 Å². The van der Waals surface area contributed by atoms with Crippen molar-refractivity contribution in [2.75, 3.05) is 13.1 Å². The van der Waals surface area contributed by atoms with Gasteiger partial charge in [0.25, 0.3) is 5.91 Å². The van der Waals surface area contributed by atoms with Crippen LogP contribution in [-0.4, -0.2) is 29.9 Å². The Labute approximate surface area is 196 Å². The van der Waals surface area contributed by atoms with Crippen LogP contribution < -0.4 is 5.32 Å². The van der Waals surface area contributed by atoms with Gasteiger partial charge >= 0.3 is 0 Å². The summed E-state index contributed by atoms with van der Waals surface area (Å²) in [5, 5.41) is 3.75. The number of hydrogen-bond donors (Lipinski definition) is 1. The van der Waals surface area contributed by atoms with Crippen LogP contribution in [0.2, 0.25) is 5.02 Å². The van der Waals surface area contributed by atoms with Gasteiger partial charge in [-0.25, -0.2) is 0 Å². The third-order valence-corrected chi connectivity index (χ3v) is 6.63. The molecule has 0 aliphatic carbocycles. The molecule has 1 saturated heterocycles. The summed E-state index contributed by atoms with van der Waals surface area (Å²) in [5.41, 5.74) is 5.44. The number of nitrogens with zero attached hydrogens (tertiary/aromatic N) is 1. The maximum Gasteiger partial charge on any atom is 0.251 e. The summed E-state index contributed by atoms with van der Waals surface area (Å²) in [6, 6.07) is 24.9. The molecule has 1 N–H and O–H groups in total. The molecule has 4 heteroatoms. The topological polar surface area (TPSA) is 32.3 Å². The summed E-state index contributed by atoms with van der Waals surface area (Å²) in [6.07, 6.45) is 4.80. The molecule has 3 nitrogen and oxygen atoms in total. The predicted molar refractivity (Wildman–Crippen MR) is 133 cm³/mol. The Bertz CT molecular complexity index is 1010. The van der Waals surface area contributed by atoms with Crippen LogP contribution in [0, 0.1) is 0 Å². The highest BCUT2D eigenvalue weighted by atomic mass is 35.5. The van der Waals surface area contributed by atoms with Gasteiger partial charge in [0.15, 0.2) is 0 Å². The van der Waals surface area contributed by atoms with Gasteiger partial charge < -0.3 is 5.32 Å². The first-order chi connectivity index (χ1) is 15.6. The van der Waals surface area contributed by atoms with Gasteiger partial charge in [0.1, 0.15) is 0 Å². The van der Waals surface area contributed by atoms with Crippen molar-refractivity contribution in [3.63, 3.8) is 0 Å². The molecule has 32 heavy (non-hydrogen) atoms. The van der Waals surface area contributed by atoms with Crippen molar-refractivity contribution in [2.45, 2.75) is 45.2 Å². The van der Waals surface area contributed by atoms with Gasteiger partial charge in [-0.1, -0.05) is 66.6 Å². The third kappa shape index (κ3) is 5.99. The largest absolute Gasteiger partial charge is 0.352 e. The van der Waals surface area contributed by atoms with E-state index in [0.29, 0.717) is 18.2 Å². The van der Waals surface area contributed by atoms with Crippen LogP contribution in [0.3, 0.4) is 0 Å². The van der Waals surface area contributed by atoms with Gasteiger partial charge in [0.2, 0.25) is 0 Å². The average molecular weight is 447 g/mol. The number of carbonyl (C=O) groups is 1. The van der Waals surface area contributed by atoms with Crippen LogP contribution in [-0.2, 0) is 13.0 Å². The number of hydrogen-bond acceptors (Lipinski definition) is 2. The number of benzene rings is 3. The SMILES string of the molecule is CC1CCCCN1Cc1ccc(CCNC(=O)c2ccc(-c3ccc(Cl)cc3)cc2)cc1. The molecular weight excluding hydrogens is 416 g/mol. The summed E-state index contributed by atoms with van der Waals surface area (Å²) < 4.78 is 0. The van der Waals surface area contributed by atoms with E-state index in [4.69, 9.17) is 11.6 Å². The number of rotatable bonds is 7. The maximum absolute atomic E-state index is 12.5. The highest BCUT2D eigenvalue weighted by molar-refractivity contribution is 6.30. The summed E-state index contributed by atoms with van der Waals surface area (Å²) in [7, 11) is 0. The average Bonchev–Trinajstić information content (AvgIpc) is 2.82. The molecule has 3 aromatic rings. The lowest BCUT2D eigenvalue weighted by molar-refractivity contribution is 0.0954. The van der Waals surface area contributed by atoms with Crippen molar-refractivity contribution in [3.05, 3.63) is 94.5 Å². The van der Waals surface area contributed by atoms with Crippen LogP contribution in [0.5, 0.6) is 0 Å². The second kappa shape index (κ2) is 10.8. The minimum atomic E-state index is -0.0386. The number of carbonyl (C=O) groups excluding carboxylic acids is 1. The fraction of sp³-hybridized carbons (Fsp3) is 0.321. The van der Waals surface area contributed by atoms with Gasteiger partial charge in [-0.15, -0.1) is 0 Å². The van der Waals surface area contributed by atoms with Gasteiger partial charge in [-0.2, -0.15) is 0 Å². The Morgan fingerprint density at radius 3 is 2.19 bits per heavy atom. The molecule has 0 aromatic heterocycles.